The van der Waals surface area contributed by atoms with Gasteiger partial charge in [0.15, 0.2) is 0 Å². The molecule has 0 saturated carbocycles. The third kappa shape index (κ3) is 1.91. The Balaban J connectivity index is 1.99. The molecule has 3 rings (SSSR count). The quantitative estimate of drug-likeness (QED) is 0.803. The topological polar surface area (TPSA) is 58.8 Å². The van der Waals surface area contributed by atoms with Crippen molar-refractivity contribution in [3.63, 3.8) is 0 Å². The Morgan fingerprint density at radius 1 is 1.33 bits per heavy atom. The molecule has 0 atom stereocenters. The highest BCUT2D eigenvalue weighted by atomic mass is 16.5. The van der Waals surface area contributed by atoms with Crippen LogP contribution >= 0.6 is 0 Å². The van der Waals surface area contributed by atoms with E-state index in [1.807, 2.05) is 18.2 Å². The van der Waals surface area contributed by atoms with E-state index >= 15 is 0 Å². The van der Waals surface area contributed by atoms with Gasteiger partial charge in [-0.25, -0.2) is 9.97 Å². The van der Waals surface area contributed by atoms with Gasteiger partial charge in [-0.1, -0.05) is 0 Å². The maximum Gasteiger partial charge on any atom is 0.142 e. The van der Waals surface area contributed by atoms with E-state index in [2.05, 4.69) is 22.1 Å². The molecule has 1 aliphatic heterocycles. The molecule has 1 aliphatic rings. The summed E-state index contributed by atoms with van der Waals surface area (Å²) in [7, 11) is 0. The molecule has 0 fully saturated rings. The van der Waals surface area contributed by atoms with Crippen molar-refractivity contribution in [3.05, 3.63) is 41.9 Å². The largest absolute Gasteiger partial charge is 0.493 e. The summed E-state index contributed by atoms with van der Waals surface area (Å²) in [6, 6.07) is 9.98. The first-order chi connectivity index (χ1) is 8.86. The Morgan fingerprint density at radius 3 is 3.17 bits per heavy atom. The number of ether oxygens (including phenoxy) is 1. The highest BCUT2D eigenvalue weighted by Crippen LogP contribution is 2.29. The molecule has 0 bridgehead atoms. The molecule has 0 aliphatic carbocycles. The molecule has 0 amide bonds. The van der Waals surface area contributed by atoms with Gasteiger partial charge in [0.05, 0.1) is 24.8 Å². The number of hydrogen-bond donors (Lipinski definition) is 0. The molecule has 0 saturated heterocycles. The lowest BCUT2D eigenvalue weighted by Gasteiger charge is -2.04. The van der Waals surface area contributed by atoms with Crippen LogP contribution in [0.25, 0.3) is 11.3 Å². The van der Waals surface area contributed by atoms with Crippen LogP contribution in [0.4, 0.5) is 0 Å². The molecule has 2 aromatic rings. The molecule has 0 unspecified atom stereocenters. The van der Waals surface area contributed by atoms with Crippen LogP contribution in [0, 0.1) is 11.3 Å². The van der Waals surface area contributed by atoms with Gasteiger partial charge in [0.25, 0.3) is 0 Å². The van der Waals surface area contributed by atoms with E-state index in [0.29, 0.717) is 5.82 Å². The van der Waals surface area contributed by atoms with Crippen LogP contribution in [0.3, 0.4) is 0 Å². The molecule has 18 heavy (non-hydrogen) atoms. The third-order valence-electron chi connectivity index (χ3n) is 2.93. The second-order valence-corrected chi connectivity index (χ2v) is 4.11. The lowest BCUT2D eigenvalue weighted by molar-refractivity contribution is 0.357. The minimum atomic E-state index is 0.238. The summed E-state index contributed by atoms with van der Waals surface area (Å²) in [5, 5.41) is 8.66. The van der Waals surface area contributed by atoms with Crippen molar-refractivity contribution in [2.75, 3.05) is 6.61 Å². The molecule has 88 valence electrons. The summed E-state index contributed by atoms with van der Waals surface area (Å²) in [5.41, 5.74) is 3.11. The summed E-state index contributed by atoms with van der Waals surface area (Å²) in [4.78, 5) is 8.45. The zero-order valence-electron chi connectivity index (χ0n) is 9.76. The van der Waals surface area contributed by atoms with E-state index in [1.54, 1.807) is 6.20 Å². The highest BCUT2D eigenvalue weighted by Gasteiger charge is 2.13. The smallest absolute Gasteiger partial charge is 0.142 e. The van der Waals surface area contributed by atoms with Crippen molar-refractivity contribution in [2.24, 2.45) is 0 Å². The van der Waals surface area contributed by atoms with Crippen LogP contribution in [0.2, 0.25) is 0 Å². The van der Waals surface area contributed by atoms with Gasteiger partial charge >= 0.3 is 0 Å². The highest BCUT2D eigenvalue weighted by molar-refractivity contribution is 5.62. The number of fused-ring (bicyclic) bond motifs is 1. The Kier molecular flexibility index (Phi) is 2.66. The summed E-state index contributed by atoms with van der Waals surface area (Å²) in [5.74, 6) is 1.52. The van der Waals surface area contributed by atoms with E-state index in [4.69, 9.17) is 10.00 Å². The Bertz CT molecular complexity index is 631. The average molecular weight is 237 g/mol. The zero-order chi connectivity index (χ0) is 12.4. The van der Waals surface area contributed by atoms with Gasteiger partial charge in [0.2, 0.25) is 0 Å². The van der Waals surface area contributed by atoms with E-state index < -0.39 is 0 Å². The van der Waals surface area contributed by atoms with Crippen LogP contribution < -0.4 is 4.74 Å². The fourth-order valence-corrected chi connectivity index (χ4v) is 2.06. The van der Waals surface area contributed by atoms with Crippen molar-refractivity contribution >= 4 is 0 Å². The van der Waals surface area contributed by atoms with E-state index in [9.17, 15) is 0 Å². The molecule has 2 heterocycles. The fourth-order valence-electron chi connectivity index (χ4n) is 2.06. The number of nitrogens with zero attached hydrogens (tertiary/aromatic N) is 3. The van der Waals surface area contributed by atoms with Gasteiger partial charge in [-0.2, -0.15) is 5.26 Å². The number of rotatable bonds is 2. The number of aromatic nitrogens is 2. The lowest BCUT2D eigenvalue weighted by Crippen LogP contribution is -1.95. The Hall–Kier alpha value is -2.41. The van der Waals surface area contributed by atoms with Crippen molar-refractivity contribution < 1.29 is 4.74 Å². The van der Waals surface area contributed by atoms with Crippen LogP contribution in [0.15, 0.2) is 30.5 Å². The maximum atomic E-state index is 8.66. The van der Waals surface area contributed by atoms with Gasteiger partial charge in [-0.3, -0.25) is 0 Å². The van der Waals surface area contributed by atoms with Crippen LogP contribution in [0.5, 0.6) is 5.75 Å². The summed E-state index contributed by atoms with van der Waals surface area (Å²) >= 11 is 0. The molecule has 4 heteroatoms. The predicted molar refractivity (Wildman–Crippen MR) is 66.0 cm³/mol. The first-order valence-electron chi connectivity index (χ1n) is 5.82. The van der Waals surface area contributed by atoms with Crippen LogP contribution in [0.1, 0.15) is 11.4 Å². The van der Waals surface area contributed by atoms with E-state index in [1.165, 1.54) is 5.56 Å². The molecular weight excluding hydrogens is 226 g/mol. The summed E-state index contributed by atoms with van der Waals surface area (Å²) in [6.07, 6.45) is 2.87. The van der Waals surface area contributed by atoms with Gasteiger partial charge < -0.3 is 4.74 Å². The first kappa shape index (κ1) is 10.7. The monoisotopic (exact) mass is 237 g/mol. The Morgan fingerprint density at radius 2 is 2.28 bits per heavy atom. The van der Waals surface area contributed by atoms with Crippen molar-refractivity contribution in [1.29, 1.82) is 5.26 Å². The molecular formula is C14H11N3O. The predicted octanol–water partition coefficient (Wildman–Crippen LogP) is 2.14. The van der Waals surface area contributed by atoms with Crippen LogP contribution in [-0.4, -0.2) is 16.6 Å². The maximum absolute atomic E-state index is 8.66. The standard InChI is InChI=1S/C14H11N3O/c15-6-3-14-16-7-4-12(17-14)10-1-2-13-11(9-10)5-8-18-13/h1-2,4,7,9H,3,5,8H2. The minimum absolute atomic E-state index is 0.238. The molecule has 1 aromatic heterocycles. The summed E-state index contributed by atoms with van der Waals surface area (Å²) in [6.45, 7) is 0.752. The second-order valence-electron chi connectivity index (χ2n) is 4.11. The zero-order valence-corrected chi connectivity index (χ0v) is 9.76. The van der Waals surface area contributed by atoms with E-state index in [0.717, 1.165) is 30.0 Å². The molecule has 0 spiro atoms. The second kappa shape index (κ2) is 4.46. The number of nitriles is 1. The van der Waals surface area contributed by atoms with Gasteiger partial charge in [0.1, 0.15) is 11.6 Å². The van der Waals surface area contributed by atoms with Crippen LogP contribution in [-0.2, 0) is 12.8 Å². The lowest BCUT2D eigenvalue weighted by atomic mass is 10.1. The third-order valence-corrected chi connectivity index (χ3v) is 2.93. The minimum Gasteiger partial charge on any atom is -0.493 e. The number of benzene rings is 1. The SMILES string of the molecule is N#CCc1nccc(-c2ccc3c(c2)CCO3)n1. The van der Waals surface area contributed by atoms with E-state index in [-0.39, 0.29) is 6.42 Å². The fraction of sp³-hybridized carbons (Fsp3) is 0.214. The van der Waals surface area contributed by atoms with Crippen molar-refractivity contribution in [1.82, 2.24) is 9.97 Å². The summed E-state index contributed by atoms with van der Waals surface area (Å²) < 4.78 is 5.48. The first-order valence-corrected chi connectivity index (χ1v) is 5.82. The molecule has 0 N–H and O–H groups in total. The average Bonchev–Trinajstić information content (AvgIpc) is 2.86. The normalized spacial score (nSPS) is 12.6. The van der Waals surface area contributed by atoms with Gasteiger partial charge in [0, 0.05) is 18.2 Å². The van der Waals surface area contributed by atoms with Crippen molar-refractivity contribution in [3.8, 4) is 23.1 Å². The number of hydrogen-bond acceptors (Lipinski definition) is 4. The van der Waals surface area contributed by atoms with Crippen molar-refractivity contribution in [2.45, 2.75) is 12.8 Å². The van der Waals surface area contributed by atoms with Gasteiger partial charge in [-0.15, -0.1) is 0 Å². The molecule has 4 nitrogen and oxygen atoms in total. The van der Waals surface area contributed by atoms with Gasteiger partial charge in [-0.05, 0) is 29.8 Å². The molecule has 1 aromatic carbocycles. The molecule has 0 radical (unpaired) electrons. The Labute approximate surface area is 105 Å².